The van der Waals surface area contributed by atoms with Crippen LogP contribution in [0.1, 0.15) is 20.8 Å². The van der Waals surface area contributed by atoms with E-state index in [0.29, 0.717) is 19.3 Å². The molecule has 0 aliphatic rings. The van der Waals surface area contributed by atoms with E-state index in [2.05, 4.69) is 19.2 Å². The van der Waals surface area contributed by atoms with Gasteiger partial charge in [-0.1, -0.05) is 19.9 Å². The zero-order valence-corrected chi connectivity index (χ0v) is 7.96. The number of allylic oxidation sites excluding steroid dienone is 1. The maximum absolute atomic E-state index is 10.8. The predicted octanol–water partition coefficient (Wildman–Crippen LogP) is 1.31. The van der Waals surface area contributed by atoms with Crippen LogP contribution in [0.25, 0.3) is 0 Å². The molecule has 3 nitrogen and oxygen atoms in total. The molecule has 1 amide bonds. The lowest BCUT2D eigenvalue weighted by Crippen LogP contribution is -2.25. The average Bonchev–Trinajstić information content (AvgIpc) is 1.98. The number of rotatable bonds is 5. The maximum atomic E-state index is 10.8. The number of amides is 1. The molecule has 1 N–H and O–H groups in total. The lowest BCUT2D eigenvalue weighted by Gasteiger charge is -2.06. The normalized spacial score (nSPS) is 11.0. The number of carbonyl (C=O) groups excluding carboxylic acids is 1. The second-order valence-electron chi connectivity index (χ2n) is 2.95. The number of hydrogen-bond donors (Lipinski definition) is 1. The van der Waals surface area contributed by atoms with E-state index in [-0.39, 0.29) is 5.91 Å². The van der Waals surface area contributed by atoms with Crippen LogP contribution in [0.5, 0.6) is 0 Å². The summed E-state index contributed by atoms with van der Waals surface area (Å²) in [6.45, 7) is 6.90. The smallest absolute Gasteiger partial charge is 0.245 e. The number of nitrogens with one attached hydrogen (secondary N) is 1. The van der Waals surface area contributed by atoms with Crippen molar-refractivity contribution in [1.82, 2.24) is 5.32 Å². The van der Waals surface area contributed by atoms with Gasteiger partial charge in [0.15, 0.2) is 0 Å². The molecule has 0 atom stereocenters. The minimum absolute atomic E-state index is 0.110. The van der Waals surface area contributed by atoms with E-state index in [1.54, 1.807) is 13.0 Å². The van der Waals surface area contributed by atoms with Crippen LogP contribution >= 0.6 is 0 Å². The SMILES string of the molecule is CC=CC(=O)NCOCC(C)C. The average molecular weight is 171 g/mol. The van der Waals surface area contributed by atoms with Gasteiger partial charge in [0.2, 0.25) is 5.91 Å². The molecule has 0 spiro atoms. The van der Waals surface area contributed by atoms with E-state index in [4.69, 9.17) is 4.74 Å². The number of ether oxygens (including phenoxy) is 1. The molecule has 0 unspecified atom stereocenters. The summed E-state index contributed by atoms with van der Waals surface area (Å²) in [5.41, 5.74) is 0. The van der Waals surface area contributed by atoms with Crippen molar-refractivity contribution in [2.45, 2.75) is 20.8 Å². The van der Waals surface area contributed by atoms with Gasteiger partial charge in [-0.25, -0.2) is 0 Å². The van der Waals surface area contributed by atoms with Gasteiger partial charge in [-0.05, 0) is 18.9 Å². The third kappa shape index (κ3) is 7.28. The summed E-state index contributed by atoms with van der Waals surface area (Å²) in [4.78, 5) is 10.8. The van der Waals surface area contributed by atoms with Crippen molar-refractivity contribution >= 4 is 5.91 Å². The highest BCUT2D eigenvalue weighted by Crippen LogP contribution is 1.90. The fourth-order valence-corrected chi connectivity index (χ4v) is 0.627. The Balaban J connectivity index is 3.25. The molecule has 0 heterocycles. The van der Waals surface area contributed by atoms with Crippen molar-refractivity contribution in [3.05, 3.63) is 12.2 Å². The molecular formula is C9H17NO2. The maximum Gasteiger partial charge on any atom is 0.245 e. The minimum atomic E-state index is -0.110. The first-order valence-electron chi connectivity index (χ1n) is 4.15. The molecule has 0 aliphatic carbocycles. The first-order valence-corrected chi connectivity index (χ1v) is 4.15. The Morgan fingerprint density at radius 1 is 1.58 bits per heavy atom. The Morgan fingerprint density at radius 2 is 2.25 bits per heavy atom. The van der Waals surface area contributed by atoms with E-state index < -0.39 is 0 Å². The number of carbonyl (C=O) groups is 1. The summed E-state index contributed by atoms with van der Waals surface area (Å²) in [6, 6.07) is 0. The van der Waals surface area contributed by atoms with Crippen LogP contribution in [0, 0.1) is 5.92 Å². The molecule has 0 saturated heterocycles. The van der Waals surface area contributed by atoms with Gasteiger partial charge in [0.1, 0.15) is 6.73 Å². The van der Waals surface area contributed by atoms with E-state index >= 15 is 0 Å². The van der Waals surface area contributed by atoms with Crippen molar-refractivity contribution in [2.24, 2.45) is 5.92 Å². The Kier molecular flexibility index (Phi) is 6.38. The predicted molar refractivity (Wildman–Crippen MR) is 48.6 cm³/mol. The van der Waals surface area contributed by atoms with E-state index in [1.807, 2.05) is 0 Å². The van der Waals surface area contributed by atoms with Gasteiger partial charge < -0.3 is 10.1 Å². The Bertz CT molecular complexity index is 153. The van der Waals surface area contributed by atoms with Crippen molar-refractivity contribution in [3.8, 4) is 0 Å². The standard InChI is InChI=1S/C9H17NO2/c1-4-5-9(11)10-7-12-6-8(2)3/h4-5,8H,6-7H2,1-3H3,(H,10,11). The Morgan fingerprint density at radius 3 is 2.75 bits per heavy atom. The van der Waals surface area contributed by atoms with Crippen molar-refractivity contribution < 1.29 is 9.53 Å². The highest BCUT2D eigenvalue weighted by Gasteiger charge is 1.94. The molecule has 0 aromatic heterocycles. The van der Waals surface area contributed by atoms with Crippen molar-refractivity contribution in [3.63, 3.8) is 0 Å². The van der Waals surface area contributed by atoms with Gasteiger partial charge in [0.05, 0.1) is 6.61 Å². The Labute approximate surface area is 73.8 Å². The Hall–Kier alpha value is -0.830. The number of hydrogen-bond acceptors (Lipinski definition) is 2. The third-order valence-electron chi connectivity index (χ3n) is 1.12. The molecule has 3 heteroatoms. The molecule has 70 valence electrons. The van der Waals surface area contributed by atoms with Crippen molar-refractivity contribution in [1.29, 1.82) is 0 Å². The van der Waals surface area contributed by atoms with Crippen LogP contribution in [0.4, 0.5) is 0 Å². The minimum Gasteiger partial charge on any atom is -0.361 e. The fraction of sp³-hybridized carbons (Fsp3) is 0.667. The lowest BCUT2D eigenvalue weighted by atomic mass is 10.2. The third-order valence-corrected chi connectivity index (χ3v) is 1.12. The molecule has 0 radical (unpaired) electrons. The van der Waals surface area contributed by atoms with Crippen LogP contribution in [0.3, 0.4) is 0 Å². The first kappa shape index (κ1) is 11.2. The summed E-state index contributed by atoms with van der Waals surface area (Å²) >= 11 is 0. The monoisotopic (exact) mass is 171 g/mol. The summed E-state index contributed by atoms with van der Waals surface area (Å²) in [5, 5.41) is 2.59. The summed E-state index contributed by atoms with van der Waals surface area (Å²) in [6.07, 6.45) is 3.16. The largest absolute Gasteiger partial charge is 0.361 e. The first-order chi connectivity index (χ1) is 5.66. The lowest BCUT2D eigenvalue weighted by molar-refractivity contribution is -0.118. The second-order valence-corrected chi connectivity index (χ2v) is 2.95. The molecule has 0 saturated carbocycles. The highest BCUT2D eigenvalue weighted by atomic mass is 16.5. The van der Waals surface area contributed by atoms with E-state index in [0.717, 1.165) is 0 Å². The quantitative estimate of drug-likeness (QED) is 0.385. The molecular weight excluding hydrogens is 154 g/mol. The molecule has 0 fully saturated rings. The van der Waals surface area contributed by atoms with Crippen molar-refractivity contribution in [2.75, 3.05) is 13.3 Å². The van der Waals surface area contributed by atoms with Gasteiger partial charge in [0.25, 0.3) is 0 Å². The molecule has 0 bridgehead atoms. The zero-order chi connectivity index (χ0) is 9.40. The highest BCUT2D eigenvalue weighted by molar-refractivity contribution is 5.87. The topological polar surface area (TPSA) is 38.3 Å². The molecule has 0 aromatic carbocycles. The summed E-state index contributed by atoms with van der Waals surface area (Å²) < 4.78 is 5.15. The van der Waals surface area contributed by atoms with E-state index in [9.17, 15) is 4.79 Å². The molecule has 12 heavy (non-hydrogen) atoms. The van der Waals surface area contributed by atoms with Gasteiger partial charge in [0, 0.05) is 0 Å². The van der Waals surface area contributed by atoms with Gasteiger partial charge in [-0.2, -0.15) is 0 Å². The second kappa shape index (κ2) is 6.85. The van der Waals surface area contributed by atoms with Crippen LogP contribution in [-0.2, 0) is 9.53 Å². The summed E-state index contributed by atoms with van der Waals surface area (Å²) in [7, 11) is 0. The molecule has 0 aliphatic heterocycles. The molecule has 0 rings (SSSR count). The van der Waals surface area contributed by atoms with Gasteiger partial charge in [-0.15, -0.1) is 0 Å². The van der Waals surface area contributed by atoms with Crippen LogP contribution in [0.2, 0.25) is 0 Å². The van der Waals surface area contributed by atoms with Crippen LogP contribution in [-0.4, -0.2) is 19.2 Å². The van der Waals surface area contributed by atoms with Gasteiger partial charge >= 0.3 is 0 Å². The van der Waals surface area contributed by atoms with Crippen LogP contribution in [0.15, 0.2) is 12.2 Å². The van der Waals surface area contributed by atoms with Crippen LogP contribution < -0.4 is 5.32 Å². The molecule has 0 aromatic rings. The van der Waals surface area contributed by atoms with E-state index in [1.165, 1.54) is 6.08 Å². The fourth-order valence-electron chi connectivity index (χ4n) is 0.627. The summed E-state index contributed by atoms with van der Waals surface area (Å²) in [5.74, 6) is 0.393. The van der Waals surface area contributed by atoms with Gasteiger partial charge in [-0.3, -0.25) is 4.79 Å². The zero-order valence-electron chi connectivity index (χ0n) is 7.96.